The summed E-state index contributed by atoms with van der Waals surface area (Å²) in [5.41, 5.74) is 0.947. The van der Waals surface area contributed by atoms with E-state index in [2.05, 4.69) is 13.8 Å². The lowest BCUT2D eigenvalue weighted by molar-refractivity contribution is 0.0196. The van der Waals surface area contributed by atoms with Gasteiger partial charge in [-0.1, -0.05) is 57.0 Å². The van der Waals surface area contributed by atoms with E-state index in [9.17, 15) is 4.79 Å². The fraction of sp³-hybridized carbons (Fsp3) is 0.533. The molecule has 0 heterocycles. The fourth-order valence-electron chi connectivity index (χ4n) is 2.22. The Kier molecular flexibility index (Phi) is 6.26. The Labute approximate surface area is 109 Å². The van der Waals surface area contributed by atoms with Gasteiger partial charge in [0, 0.05) is 5.92 Å². The number of hydrogen-bond acceptors (Lipinski definition) is 2. The summed E-state index contributed by atoms with van der Waals surface area (Å²) in [4.78, 5) is 10.9. The van der Waals surface area contributed by atoms with Crippen LogP contribution in [0.5, 0.6) is 0 Å². The molecule has 3 nitrogen and oxygen atoms in total. The lowest BCUT2D eigenvalue weighted by Gasteiger charge is -2.25. The Hall–Kier alpha value is -1.51. The zero-order chi connectivity index (χ0) is 13.4. The van der Waals surface area contributed by atoms with Crippen LogP contribution in [0.15, 0.2) is 30.3 Å². The van der Waals surface area contributed by atoms with Crippen molar-refractivity contribution in [3.8, 4) is 0 Å². The molecule has 3 heteroatoms. The topological polar surface area (TPSA) is 46.5 Å². The molecule has 0 aliphatic rings. The Morgan fingerprint density at radius 1 is 1.28 bits per heavy atom. The number of unbranched alkanes of at least 4 members (excludes halogenated alkanes) is 1. The molecule has 0 aromatic heterocycles. The molecule has 0 saturated heterocycles. The summed E-state index contributed by atoms with van der Waals surface area (Å²) in [5.74, 6) is 0.253. The summed E-state index contributed by atoms with van der Waals surface area (Å²) < 4.78 is 5.10. The molecule has 0 aliphatic carbocycles. The van der Waals surface area contributed by atoms with E-state index in [1.165, 1.54) is 0 Å². The van der Waals surface area contributed by atoms with E-state index in [0.29, 0.717) is 0 Å². The lowest BCUT2D eigenvalue weighted by Crippen LogP contribution is -2.18. The minimum atomic E-state index is -1.20. The van der Waals surface area contributed by atoms with Gasteiger partial charge in [0.05, 0.1) is 0 Å². The van der Waals surface area contributed by atoms with Gasteiger partial charge >= 0.3 is 6.16 Å². The van der Waals surface area contributed by atoms with Crippen molar-refractivity contribution in [3.63, 3.8) is 0 Å². The number of ether oxygens (including phenoxy) is 1. The molecular formula is C15H22O3. The predicted octanol–water partition coefficient (Wildman–Crippen LogP) is 4.64. The molecule has 0 radical (unpaired) electrons. The van der Waals surface area contributed by atoms with Crippen LogP contribution >= 0.6 is 0 Å². The van der Waals surface area contributed by atoms with E-state index >= 15 is 0 Å². The van der Waals surface area contributed by atoms with Gasteiger partial charge in [-0.25, -0.2) is 4.79 Å². The van der Waals surface area contributed by atoms with Crippen molar-refractivity contribution >= 4 is 6.16 Å². The monoisotopic (exact) mass is 250 g/mol. The van der Waals surface area contributed by atoms with Crippen LogP contribution in [0, 0.1) is 5.92 Å². The maximum Gasteiger partial charge on any atom is 0.506 e. The molecule has 0 aliphatic heterocycles. The molecule has 1 rings (SSSR count). The van der Waals surface area contributed by atoms with Crippen molar-refractivity contribution < 1.29 is 14.6 Å². The SMILES string of the molecule is CCCCC(CC)C(OC(=O)O)c1ccccc1. The van der Waals surface area contributed by atoms with Gasteiger partial charge in [-0.2, -0.15) is 0 Å². The lowest BCUT2D eigenvalue weighted by atomic mass is 9.89. The minimum Gasteiger partial charge on any atom is -0.450 e. The Balaban J connectivity index is 2.85. The largest absolute Gasteiger partial charge is 0.506 e. The van der Waals surface area contributed by atoms with Crippen molar-refractivity contribution in [2.45, 2.75) is 45.6 Å². The van der Waals surface area contributed by atoms with Crippen LogP contribution in [0.25, 0.3) is 0 Å². The van der Waals surface area contributed by atoms with Gasteiger partial charge in [0.2, 0.25) is 0 Å². The molecule has 0 fully saturated rings. The number of hydrogen-bond donors (Lipinski definition) is 1. The maximum absolute atomic E-state index is 10.9. The molecule has 2 unspecified atom stereocenters. The van der Waals surface area contributed by atoms with Crippen molar-refractivity contribution in [1.82, 2.24) is 0 Å². The first kappa shape index (κ1) is 14.6. The van der Waals surface area contributed by atoms with Crippen LogP contribution in [0.3, 0.4) is 0 Å². The standard InChI is InChI=1S/C15H22O3/c1-3-5-9-12(4-2)14(18-15(16)17)13-10-7-6-8-11-13/h6-8,10-12,14H,3-5,9H2,1-2H3,(H,16,17). The quantitative estimate of drug-likeness (QED) is 0.717. The van der Waals surface area contributed by atoms with E-state index < -0.39 is 6.16 Å². The molecule has 1 N–H and O–H groups in total. The van der Waals surface area contributed by atoms with Crippen LogP contribution in [0.4, 0.5) is 4.79 Å². The second-order valence-electron chi connectivity index (χ2n) is 4.53. The van der Waals surface area contributed by atoms with E-state index in [4.69, 9.17) is 9.84 Å². The normalized spacial score (nSPS) is 13.9. The van der Waals surface area contributed by atoms with Crippen molar-refractivity contribution in [2.24, 2.45) is 5.92 Å². The first-order valence-electron chi connectivity index (χ1n) is 6.63. The minimum absolute atomic E-state index is 0.253. The number of carboxylic acid groups (broad SMARTS) is 1. The summed E-state index contributed by atoms with van der Waals surface area (Å²) in [5, 5.41) is 8.89. The van der Waals surface area contributed by atoms with Crippen molar-refractivity contribution in [2.75, 3.05) is 0 Å². The van der Waals surface area contributed by atoms with Crippen molar-refractivity contribution in [3.05, 3.63) is 35.9 Å². The average Bonchev–Trinajstić information content (AvgIpc) is 2.39. The zero-order valence-electron chi connectivity index (χ0n) is 11.1. The highest BCUT2D eigenvalue weighted by Crippen LogP contribution is 2.32. The Morgan fingerprint density at radius 3 is 2.44 bits per heavy atom. The number of carbonyl (C=O) groups is 1. The van der Waals surface area contributed by atoms with E-state index in [1.807, 2.05) is 30.3 Å². The Bertz CT molecular complexity index is 348. The van der Waals surface area contributed by atoms with Gasteiger partial charge in [-0.05, 0) is 18.4 Å². The second-order valence-corrected chi connectivity index (χ2v) is 4.53. The first-order valence-corrected chi connectivity index (χ1v) is 6.63. The highest BCUT2D eigenvalue weighted by atomic mass is 16.7. The molecule has 0 bridgehead atoms. The van der Waals surface area contributed by atoms with Gasteiger partial charge in [0.1, 0.15) is 6.10 Å². The number of rotatable bonds is 7. The van der Waals surface area contributed by atoms with Gasteiger partial charge in [-0.3, -0.25) is 0 Å². The van der Waals surface area contributed by atoms with E-state index in [1.54, 1.807) is 0 Å². The highest BCUT2D eigenvalue weighted by Gasteiger charge is 2.25. The summed E-state index contributed by atoms with van der Waals surface area (Å²) in [6.45, 7) is 4.23. The molecular weight excluding hydrogens is 228 g/mol. The average molecular weight is 250 g/mol. The third kappa shape index (κ3) is 4.40. The predicted molar refractivity (Wildman–Crippen MR) is 71.6 cm³/mol. The molecule has 0 saturated carbocycles. The number of benzene rings is 1. The third-order valence-corrected chi connectivity index (χ3v) is 3.24. The van der Waals surface area contributed by atoms with Gasteiger partial charge in [0.25, 0.3) is 0 Å². The van der Waals surface area contributed by atoms with E-state index in [-0.39, 0.29) is 12.0 Å². The molecule has 18 heavy (non-hydrogen) atoms. The summed E-state index contributed by atoms with van der Waals surface area (Å²) in [6.07, 6.45) is 2.60. The van der Waals surface area contributed by atoms with Crippen molar-refractivity contribution in [1.29, 1.82) is 0 Å². The smallest absolute Gasteiger partial charge is 0.450 e. The third-order valence-electron chi connectivity index (χ3n) is 3.24. The molecule has 0 spiro atoms. The van der Waals surface area contributed by atoms with Gasteiger partial charge in [0.15, 0.2) is 0 Å². The highest BCUT2D eigenvalue weighted by molar-refractivity contribution is 5.57. The molecule has 2 atom stereocenters. The van der Waals surface area contributed by atoms with E-state index in [0.717, 1.165) is 31.2 Å². The second kappa shape index (κ2) is 7.75. The van der Waals surface area contributed by atoms with Gasteiger partial charge in [-0.15, -0.1) is 0 Å². The molecule has 0 amide bonds. The first-order chi connectivity index (χ1) is 8.69. The Morgan fingerprint density at radius 2 is 1.94 bits per heavy atom. The van der Waals surface area contributed by atoms with Crippen LogP contribution in [-0.2, 0) is 4.74 Å². The van der Waals surface area contributed by atoms with Crippen LogP contribution in [-0.4, -0.2) is 11.3 Å². The van der Waals surface area contributed by atoms with Gasteiger partial charge < -0.3 is 9.84 Å². The molecule has 1 aromatic carbocycles. The summed E-state index contributed by atoms with van der Waals surface area (Å²) in [6, 6.07) is 9.62. The molecule has 1 aromatic rings. The van der Waals surface area contributed by atoms with Crippen LogP contribution < -0.4 is 0 Å². The van der Waals surface area contributed by atoms with Crippen LogP contribution in [0.2, 0.25) is 0 Å². The van der Waals surface area contributed by atoms with Crippen LogP contribution in [0.1, 0.15) is 51.2 Å². The fourth-order valence-corrected chi connectivity index (χ4v) is 2.22. The molecule has 100 valence electrons. The maximum atomic E-state index is 10.9. The zero-order valence-corrected chi connectivity index (χ0v) is 11.1. The summed E-state index contributed by atoms with van der Waals surface area (Å²) >= 11 is 0. The summed E-state index contributed by atoms with van der Waals surface area (Å²) in [7, 11) is 0.